The normalized spacial score (nSPS) is 15.4. The van der Waals surface area contributed by atoms with E-state index in [2.05, 4.69) is 32.0 Å². The Morgan fingerprint density at radius 2 is 1.94 bits per heavy atom. The predicted octanol–water partition coefficient (Wildman–Crippen LogP) is 4.46. The third-order valence-electron chi connectivity index (χ3n) is 5.71. The van der Waals surface area contributed by atoms with Crippen molar-refractivity contribution in [1.29, 1.82) is 0 Å². The van der Waals surface area contributed by atoms with Gasteiger partial charge < -0.3 is 5.32 Å². The third-order valence-corrected chi connectivity index (χ3v) is 9.09. The Morgan fingerprint density at radius 3 is 2.68 bits per heavy atom. The van der Waals surface area contributed by atoms with Crippen LogP contribution >= 0.6 is 22.9 Å². The fraction of sp³-hybridized carbons (Fsp3) is 0.261. The number of thiophene rings is 1. The van der Waals surface area contributed by atoms with E-state index in [1.54, 1.807) is 4.31 Å². The van der Waals surface area contributed by atoms with Gasteiger partial charge in [0.15, 0.2) is 0 Å². The topological polar surface area (TPSA) is 104 Å². The summed E-state index contributed by atoms with van der Waals surface area (Å²) in [5, 5.41) is 18.1. The summed E-state index contributed by atoms with van der Waals surface area (Å²) in [6, 6.07) is 20.6. The maximum atomic E-state index is 12.8. The Morgan fingerprint density at radius 1 is 1.15 bits per heavy atom. The average molecular weight is 514 g/mol. The molecule has 5 rings (SSSR count). The van der Waals surface area contributed by atoms with Crippen LogP contribution in [0.2, 0.25) is 5.02 Å². The number of nitrogens with zero attached hydrogens (tertiary/aromatic N) is 4. The number of aromatic amines is 1. The van der Waals surface area contributed by atoms with Crippen molar-refractivity contribution >= 4 is 38.6 Å². The van der Waals surface area contributed by atoms with Gasteiger partial charge in [-0.1, -0.05) is 54.1 Å². The van der Waals surface area contributed by atoms with Gasteiger partial charge in [-0.2, -0.15) is 5.21 Å². The van der Waals surface area contributed by atoms with Crippen molar-refractivity contribution in [2.24, 2.45) is 0 Å². The van der Waals surface area contributed by atoms with E-state index in [0.29, 0.717) is 23.9 Å². The van der Waals surface area contributed by atoms with Gasteiger partial charge in [0.05, 0.1) is 20.5 Å². The molecule has 1 aliphatic rings. The molecule has 0 aliphatic carbocycles. The fourth-order valence-electron chi connectivity index (χ4n) is 4.01. The largest absolute Gasteiger partial charge is 0.382 e. The van der Waals surface area contributed by atoms with E-state index in [1.807, 2.05) is 54.6 Å². The first-order valence-electron chi connectivity index (χ1n) is 10.8. The summed E-state index contributed by atoms with van der Waals surface area (Å²) < 4.78 is 27.2. The summed E-state index contributed by atoms with van der Waals surface area (Å²) in [7, 11) is -3.32. The van der Waals surface area contributed by atoms with Gasteiger partial charge in [0.1, 0.15) is 0 Å². The number of rotatable bonds is 7. The first-order valence-corrected chi connectivity index (χ1v) is 13.6. The van der Waals surface area contributed by atoms with Gasteiger partial charge in [-0.05, 0) is 41.3 Å². The smallest absolute Gasteiger partial charge is 0.218 e. The maximum absolute atomic E-state index is 12.8. The molecule has 1 aliphatic heterocycles. The Hall–Kier alpha value is -2.79. The second-order valence-corrected chi connectivity index (χ2v) is 11.4. The molecule has 0 atom stereocenters. The monoisotopic (exact) mass is 513 g/mol. The lowest BCUT2D eigenvalue weighted by Crippen LogP contribution is -2.42. The van der Waals surface area contributed by atoms with Crippen molar-refractivity contribution in [3.8, 4) is 21.1 Å². The van der Waals surface area contributed by atoms with Gasteiger partial charge in [0, 0.05) is 30.9 Å². The SMILES string of the molecule is O=S(=O)(Cc1ccccc1)N1CCC(Nc2cccc(-c3sc(-c4nn[nH]n4)[c]c3Cl)c2)CC1. The van der Waals surface area contributed by atoms with Crippen molar-refractivity contribution in [1.82, 2.24) is 24.9 Å². The molecule has 1 radical (unpaired) electrons. The molecule has 2 N–H and O–H groups in total. The number of aromatic nitrogens is 4. The van der Waals surface area contributed by atoms with Gasteiger partial charge >= 0.3 is 0 Å². The molecule has 0 unspecified atom stereocenters. The van der Waals surface area contributed by atoms with Crippen molar-refractivity contribution < 1.29 is 8.42 Å². The van der Waals surface area contributed by atoms with E-state index in [-0.39, 0.29) is 11.8 Å². The number of H-pyrrole nitrogens is 1. The van der Waals surface area contributed by atoms with Gasteiger partial charge in [0.25, 0.3) is 0 Å². The highest BCUT2D eigenvalue weighted by atomic mass is 35.5. The molecule has 1 fully saturated rings. The highest BCUT2D eigenvalue weighted by molar-refractivity contribution is 7.88. The van der Waals surface area contributed by atoms with Crippen molar-refractivity contribution in [2.45, 2.75) is 24.6 Å². The zero-order valence-electron chi connectivity index (χ0n) is 18.1. The lowest BCUT2D eigenvalue weighted by Gasteiger charge is -2.32. The van der Waals surface area contributed by atoms with Crippen LogP contribution in [0, 0.1) is 6.07 Å². The van der Waals surface area contributed by atoms with Crippen LogP contribution in [0.1, 0.15) is 18.4 Å². The Kier molecular flexibility index (Phi) is 6.64. The summed E-state index contributed by atoms with van der Waals surface area (Å²) in [5.74, 6) is 0.500. The van der Waals surface area contributed by atoms with E-state index in [4.69, 9.17) is 11.6 Å². The predicted molar refractivity (Wildman–Crippen MR) is 134 cm³/mol. The van der Waals surface area contributed by atoms with Gasteiger partial charge in [-0.3, -0.25) is 0 Å². The molecule has 0 saturated carbocycles. The summed E-state index contributed by atoms with van der Waals surface area (Å²) in [6.45, 7) is 1.01. The van der Waals surface area contributed by atoms with Crippen LogP contribution < -0.4 is 5.32 Å². The van der Waals surface area contributed by atoms with Crippen LogP contribution in [0.4, 0.5) is 5.69 Å². The highest BCUT2D eigenvalue weighted by Gasteiger charge is 2.28. The second-order valence-electron chi connectivity index (χ2n) is 8.07. The Labute approximate surface area is 207 Å². The van der Waals surface area contributed by atoms with E-state index < -0.39 is 10.0 Å². The lowest BCUT2D eigenvalue weighted by atomic mass is 10.1. The molecule has 0 amide bonds. The molecule has 1 saturated heterocycles. The summed E-state index contributed by atoms with van der Waals surface area (Å²) in [5.41, 5.74) is 2.74. The minimum atomic E-state index is -3.32. The number of nitrogens with one attached hydrogen (secondary N) is 2. The zero-order chi connectivity index (χ0) is 23.5. The van der Waals surface area contributed by atoms with Crippen molar-refractivity contribution in [2.75, 3.05) is 18.4 Å². The van der Waals surface area contributed by atoms with Crippen molar-refractivity contribution in [3.05, 3.63) is 71.2 Å². The number of hydrogen-bond acceptors (Lipinski definition) is 7. The van der Waals surface area contributed by atoms with E-state index in [9.17, 15) is 8.42 Å². The van der Waals surface area contributed by atoms with Crippen molar-refractivity contribution in [3.63, 3.8) is 0 Å². The second kappa shape index (κ2) is 9.83. The standard InChI is InChI=1S/C23H22ClN6O2S2/c24-20-14-21(23-26-28-29-27-23)33-22(20)17-7-4-8-19(13-17)25-18-9-11-30(12-10-18)34(31,32)15-16-5-2-1-3-6-16/h1-8,13,18,25H,9-12,15H2,(H,26,27,28,29). The molecule has 0 bridgehead atoms. The molecule has 175 valence electrons. The molecule has 0 spiro atoms. The van der Waals surface area contributed by atoms with Gasteiger partial charge in [0.2, 0.25) is 15.8 Å². The number of piperidine rings is 1. The number of sulfonamides is 1. The van der Waals surface area contributed by atoms with Crippen LogP contribution in [-0.4, -0.2) is 52.5 Å². The minimum Gasteiger partial charge on any atom is -0.382 e. The molecule has 4 aromatic rings. The molecule has 2 aromatic carbocycles. The summed E-state index contributed by atoms with van der Waals surface area (Å²) in [6.07, 6.45) is 1.49. The molecule has 11 heteroatoms. The quantitative estimate of drug-likeness (QED) is 0.378. The van der Waals surface area contributed by atoms with Gasteiger partial charge in [-0.25, -0.2) is 12.7 Å². The number of benzene rings is 2. The summed E-state index contributed by atoms with van der Waals surface area (Å²) in [4.78, 5) is 1.60. The number of hydrogen-bond donors (Lipinski definition) is 2. The molecule has 3 heterocycles. The Bertz CT molecular complexity index is 1350. The number of halogens is 1. The maximum Gasteiger partial charge on any atom is 0.218 e. The molecule has 8 nitrogen and oxygen atoms in total. The van der Waals surface area contributed by atoms with Crippen LogP contribution in [-0.2, 0) is 15.8 Å². The van der Waals surface area contributed by atoms with Crippen LogP contribution in [0.5, 0.6) is 0 Å². The third kappa shape index (κ3) is 5.15. The number of anilines is 1. The average Bonchev–Trinajstić information content (AvgIpc) is 3.50. The molecule has 2 aromatic heterocycles. The fourth-order valence-corrected chi connectivity index (χ4v) is 6.87. The molecular weight excluding hydrogens is 492 g/mol. The minimum absolute atomic E-state index is 0.0401. The summed E-state index contributed by atoms with van der Waals surface area (Å²) >= 11 is 7.90. The van der Waals surface area contributed by atoms with E-state index >= 15 is 0 Å². The Balaban J connectivity index is 1.23. The van der Waals surface area contributed by atoms with Gasteiger partial charge in [-0.15, -0.1) is 21.5 Å². The van der Waals surface area contributed by atoms with Crippen LogP contribution in [0.15, 0.2) is 54.6 Å². The molecule has 34 heavy (non-hydrogen) atoms. The van der Waals surface area contributed by atoms with Crippen LogP contribution in [0.25, 0.3) is 21.1 Å². The highest BCUT2D eigenvalue weighted by Crippen LogP contribution is 2.40. The van der Waals surface area contributed by atoms with E-state index in [0.717, 1.165) is 39.4 Å². The first-order chi connectivity index (χ1) is 16.5. The van der Waals surface area contributed by atoms with E-state index in [1.165, 1.54) is 11.3 Å². The number of tetrazole rings is 1. The van der Waals surface area contributed by atoms with Crippen LogP contribution in [0.3, 0.4) is 0 Å². The first kappa shape index (κ1) is 23.0. The zero-order valence-corrected chi connectivity index (χ0v) is 20.5. The molecular formula is C23H22ClN6O2S2. The lowest BCUT2D eigenvalue weighted by molar-refractivity contribution is 0.329.